The minimum absolute atomic E-state index is 0.117. The first-order valence-electron chi connectivity index (χ1n) is 5.18. The van der Waals surface area contributed by atoms with Crippen molar-refractivity contribution >= 4 is 5.84 Å². The van der Waals surface area contributed by atoms with Crippen molar-refractivity contribution in [3.8, 4) is 0 Å². The summed E-state index contributed by atoms with van der Waals surface area (Å²) in [5.74, 6) is 3.65. The molecule has 0 fully saturated rings. The second-order valence-corrected chi connectivity index (χ2v) is 3.88. The van der Waals surface area contributed by atoms with Gasteiger partial charge in [-0.2, -0.15) is 13.2 Å². The second-order valence-electron chi connectivity index (χ2n) is 3.88. The Morgan fingerprint density at radius 1 is 1.33 bits per heavy atom. The third-order valence-electron chi connectivity index (χ3n) is 2.08. The molecule has 0 saturated carbocycles. The standard InChI is InChI=1S/C11H13F4N3/c1-6(2)17-10(18-16)7-4-3-5-8(9(7)12)11(13,14)15/h3-6H,16H2,1-2H3,(H,17,18). The topological polar surface area (TPSA) is 50.4 Å². The monoisotopic (exact) mass is 263 g/mol. The maximum Gasteiger partial charge on any atom is 0.419 e. The zero-order valence-electron chi connectivity index (χ0n) is 9.85. The molecule has 1 aromatic rings. The van der Waals surface area contributed by atoms with E-state index in [0.717, 1.165) is 6.07 Å². The van der Waals surface area contributed by atoms with E-state index in [1.54, 1.807) is 13.8 Å². The highest BCUT2D eigenvalue weighted by Gasteiger charge is 2.35. The molecule has 0 atom stereocenters. The molecule has 0 radical (unpaired) electrons. The molecule has 0 bridgehead atoms. The van der Waals surface area contributed by atoms with Gasteiger partial charge in [0, 0.05) is 6.04 Å². The summed E-state index contributed by atoms with van der Waals surface area (Å²) in [5, 5.41) is 0. The van der Waals surface area contributed by atoms with Crippen molar-refractivity contribution in [3.05, 3.63) is 35.1 Å². The number of hydrazine groups is 1. The summed E-state index contributed by atoms with van der Waals surface area (Å²) in [7, 11) is 0. The Kier molecular flexibility index (Phi) is 4.28. The first kappa shape index (κ1) is 14.4. The van der Waals surface area contributed by atoms with Gasteiger partial charge in [-0.05, 0) is 26.0 Å². The first-order chi connectivity index (χ1) is 8.27. The zero-order chi connectivity index (χ0) is 13.9. The van der Waals surface area contributed by atoms with E-state index in [1.165, 1.54) is 6.07 Å². The molecule has 0 aliphatic heterocycles. The van der Waals surface area contributed by atoms with Crippen molar-refractivity contribution in [1.29, 1.82) is 0 Å². The molecule has 0 unspecified atom stereocenters. The molecule has 3 N–H and O–H groups in total. The first-order valence-corrected chi connectivity index (χ1v) is 5.18. The van der Waals surface area contributed by atoms with Crippen molar-refractivity contribution in [2.75, 3.05) is 0 Å². The molecule has 18 heavy (non-hydrogen) atoms. The maximum atomic E-state index is 13.8. The second kappa shape index (κ2) is 5.34. The van der Waals surface area contributed by atoms with Crippen LogP contribution in [0.5, 0.6) is 0 Å². The largest absolute Gasteiger partial charge is 0.419 e. The lowest BCUT2D eigenvalue weighted by Crippen LogP contribution is -2.33. The van der Waals surface area contributed by atoms with Gasteiger partial charge in [-0.3, -0.25) is 4.99 Å². The van der Waals surface area contributed by atoms with Crippen molar-refractivity contribution < 1.29 is 17.6 Å². The van der Waals surface area contributed by atoms with Gasteiger partial charge >= 0.3 is 6.18 Å². The van der Waals surface area contributed by atoms with Crippen LogP contribution in [0.1, 0.15) is 25.0 Å². The van der Waals surface area contributed by atoms with Crippen LogP contribution in [-0.4, -0.2) is 11.9 Å². The third-order valence-corrected chi connectivity index (χ3v) is 2.08. The summed E-state index contributed by atoms with van der Waals surface area (Å²) >= 11 is 0. The van der Waals surface area contributed by atoms with E-state index in [-0.39, 0.29) is 17.4 Å². The smallest absolute Gasteiger partial charge is 0.308 e. The van der Waals surface area contributed by atoms with Crippen molar-refractivity contribution in [3.63, 3.8) is 0 Å². The van der Waals surface area contributed by atoms with Gasteiger partial charge in [-0.15, -0.1) is 0 Å². The third kappa shape index (κ3) is 3.19. The van der Waals surface area contributed by atoms with Gasteiger partial charge in [0.15, 0.2) is 0 Å². The number of halogens is 4. The number of benzene rings is 1. The molecule has 0 aliphatic carbocycles. The maximum absolute atomic E-state index is 13.8. The van der Waals surface area contributed by atoms with Crippen LogP contribution in [0.3, 0.4) is 0 Å². The van der Waals surface area contributed by atoms with E-state index < -0.39 is 17.6 Å². The molecule has 0 aromatic heterocycles. The number of hydrogen-bond donors (Lipinski definition) is 2. The van der Waals surface area contributed by atoms with E-state index in [2.05, 4.69) is 10.4 Å². The molecule has 3 nitrogen and oxygen atoms in total. The van der Waals surface area contributed by atoms with Gasteiger partial charge < -0.3 is 5.43 Å². The minimum Gasteiger partial charge on any atom is -0.308 e. The Morgan fingerprint density at radius 2 is 1.94 bits per heavy atom. The molecule has 7 heteroatoms. The number of nitrogens with two attached hydrogens (primary N) is 1. The van der Waals surface area contributed by atoms with Crippen LogP contribution >= 0.6 is 0 Å². The van der Waals surface area contributed by atoms with Crippen molar-refractivity contribution in [2.24, 2.45) is 10.8 Å². The van der Waals surface area contributed by atoms with E-state index in [1.807, 2.05) is 0 Å². The van der Waals surface area contributed by atoms with E-state index in [4.69, 9.17) is 5.84 Å². The molecule has 0 saturated heterocycles. The molecule has 0 spiro atoms. The van der Waals surface area contributed by atoms with Crippen LogP contribution < -0.4 is 11.3 Å². The predicted molar refractivity (Wildman–Crippen MR) is 60.4 cm³/mol. The summed E-state index contributed by atoms with van der Waals surface area (Å²) in [4.78, 5) is 3.92. The minimum atomic E-state index is -4.75. The summed E-state index contributed by atoms with van der Waals surface area (Å²) in [6.45, 7) is 3.39. The van der Waals surface area contributed by atoms with Crippen LogP contribution in [0.15, 0.2) is 23.2 Å². The highest BCUT2D eigenvalue weighted by Crippen LogP contribution is 2.32. The van der Waals surface area contributed by atoms with Gasteiger partial charge in [0.2, 0.25) is 0 Å². The fourth-order valence-corrected chi connectivity index (χ4v) is 1.38. The molecular formula is C11H13F4N3. The Labute approximate surface area is 102 Å². The van der Waals surface area contributed by atoms with Crippen molar-refractivity contribution in [1.82, 2.24) is 5.43 Å². The van der Waals surface area contributed by atoms with Crippen LogP contribution in [0.25, 0.3) is 0 Å². The Morgan fingerprint density at radius 3 is 2.39 bits per heavy atom. The van der Waals surface area contributed by atoms with Crippen LogP contribution in [-0.2, 0) is 6.18 Å². The number of nitrogens with one attached hydrogen (secondary N) is 1. The SMILES string of the molecule is CC(C)N=C(NN)c1cccc(C(F)(F)F)c1F. The molecule has 0 heterocycles. The van der Waals surface area contributed by atoms with E-state index in [9.17, 15) is 17.6 Å². The van der Waals surface area contributed by atoms with Crippen LogP contribution in [0, 0.1) is 5.82 Å². The zero-order valence-corrected chi connectivity index (χ0v) is 9.85. The number of amidine groups is 1. The number of rotatable bonds is 2. The fraction of sp³-hybridized carbons (Fsp3) is 0.364. The molecule has 0 aliphatic rings. The predicted octanol–water partition coefficient (Wildman–Crippen LogP) is 2.46. The lowest BCUT2D eigenvalue weighted by atomic mass is 10.1. The molecule has 1 rings (SSSR count). The van der Waals surface area contributed by atoms with E-state index >= 15 is 0 Å². The number of nitrogens with zero attached hydrogens (tertiary/aromatic N) is 1. The molecule has 100 valence electrons. The number of aliphatic imine (C=N–C) groups is 1. The summed E-state index contributed by atoms with van der Waals surface area (Å²) in [6.07, 6.45) is -4.75. The average Bonchev–Trinajstić information content (AvgIpc) is 2.24. The Balaban J connectivity index is 3.34. The van der Waals surface area contributed by atoms with Crippen LogP contribution in [0.4, 0.5) is 17.6 Å². The Hall–Kier alpha value is -1.63. The van der Waals surface area contributed by atoms with Gasteiger partial charge in [0.05, 0.1) is 11.1 Å². The summed E-state index contributed by atoms with van der Waals surface area (Å²) in [5.41, 5.74) is 0.466. The van der Waals surface area contributed by atoms with Gasteiger partial charge in [0.1, 0.15) is 11.7 Å². The Bertz CT molecular complexity index is 452. The number of hydrogen-bond acceptors (Lipinski definition) is 2. The molecule has 0 amide bonds. The fourth-order valence-electron chi connectivity index (χ4n) is 1.38. The highest BCUT2D eigenvalue weighted by molar-refractivity contribution is 5.98. The lowest BCUT2D eigenvalue weighted by Gasteiger charge is -2.13. The molecule has 1 aromatic carbocycles. The van der Waals surface area contributed by atoms with Gasteiger partial charge in [-0.25, -0.2) is 10.2 Å². The average molecular weight is 263 g/mol. The van der Waals surface area contributed by atoms with Crippen molar-refractivity contribution in [2.45, 2.75) is 26.1 Å². The van der Waals surface area contributed by atoms with Gasteiger partial charge in [0.25, 0.3) is 0 Å². The summed E-state index contributed by atoms with van der Waals surface area (Å²) < 4.78 is 51.3. The van der Waals surface area contributed by atoms with Crippen LogP contribution in [0.2, 0.25) is 0 Å². The number of alkyl halides is 3. The van der Waals surface area contributed by atoms with Gasteiger partial charge in [-0.1, -0.05) is 6.07 Å². The quantitative estimate of drug-likeness (QED) is 0.283. The van der Waals surface area contributed by atoms with E-state index in [0.29, 0.717) is 6.07 Å². The lowest BCUT2D eigenvalue weighted by molar-refractivity contribution is -0.140. The highest BCUT2D eigenvalue weighted by atomic mass is 19.4. The normalized spacial score (nSPS) is 13.0. The molecular weight excluding hydrogens is 250 g/mol. The summed E-state index contributed by atoms with van der Waals surface area (Å²) in [6, 6.07) is 2.73.